The highest BCUT2D eigenvalue weighted by atomic mass is 19.1. The molecule has 40 heavy (non-hydrogen) atoms. The quantitative estimate of drug-likeness (QED) is 0.272. The minimum absolute atomic E-state index is 0.0592. The van der Waals surface area contributed by atoms with Crippen molar-refractivity contribution in [2.24, 2.45) is 18.7 Å². The summed E-state index contributed by atoms with van der Waals surface area (Å²) in [5.41, 5.74) is 11.2. The Morgan fingerprint density at radius 3 is 2.83 bits per heavy atom. The summed E-state index contributed by atoms with van der Waals surface area (Å²) in [6, 6.07) is 5.68. The zero-order valence-corrected chi connectivity index (χ0v) is 23.2. The van der Waals surface area contributed by atoms with Crippen LogP contribution in [0.3, 0.4) is 0 Å². The Kier molecular flexibility index (Phi) is 7.53. The van der Waals surface area contributed by atoms with E-state index in [9.17, 15) is 9.18 Å². The van der Waals surface area contributed by atoms with Gasteiger partial charge >= 0.3 is 5.97 Å². The van der Waals surface area contributed by atoms with Gasteiger partial charge in [0.2, 0.25) is 0 Å². The van der Waals surface area contributed by atoms with Crippen molar-refractivity contribution in [3.63, 3.8) is 0 Å². The Balaban J connectivity index is 1.60. The molecule has 5 rings (SSSR count). The zero-order valence-electron chi connectivity index (χ0n) is 23.2. The van der Waals surface area contributed by atoms with Crippen molar-refractivity contribution >= 4 is 11.8 Å². The maximum absolute atomic E-state index is 14.5. The van der Waals surface area contributed by atoms with Crippen LogP contribution < -0.4 is 15.8 Å². The average molecular weight is 549 g/mol. The molecule has 1 aliphatic heterocycles. The van der Waals surface area contributed by atoms with Crippen LogP contribution in [0.4, 0.5) is 10.2 Å². The van der Waals surface area contributed by atoms with Crippen LogP contribution >= 0.6 is 0 Å². The smallest absolute Gasteiger partial charge is 0.324 e. The van der Waals surface area contributed by atoms with Crippen LogP contribution in [0.25, 0.3) is 22.5 Å². The number of benzene rings is 1. The van der Waals surface area contributed by atoms with Crippen molar-refractivity contribution in [3.05, 3.63) is 59.3 Å². The van der Waals surface area contributed by atoms with Crippen LogP contribution in [0.5, 0.6) is 5.75 Å². The van der Waals surface area contributed by atoms with Gasteiger partial charge in [-0.15, -0.1) is 0 Å². The first-order valence-electron chi connectivity index (χ1n) is 13.2. The number of aryl methyl sites for hydroxylation is 2. The third kappa shape index (κ3) is 5.26. The Morgan fingerprint density at radius 2 is 2.08 bits per heavy atom. The number of carbonyl (C=O) groups is 1. The number of esters is 1. The number of hydrogen-bond donors (Lipinski definition) is 2. The van der Waals surface area contributed by atoms with Gasteiger partial charge in [-0.05, 0) is 44.0 Å². The van der Waals surface area contributed by atoms with E-state index < -0.39 is 23.9 Å². The molecule has 0 aliphatic carbocycles. The Morgan fingerprint density at radius 1 is 1.27 bits per heavy atom. The van der Waals surface area contributed by atoms with Gasteiger partial charge in [0.15, 0.2) is 18.3 Å². The lowest BCUT2D eigenvalue weighted by molar-refractivity contribution is -0.145. The lowest BCUT2D eigenvalue weighted by Crippen LogP contribution is -2.37. The summed E-state index contributed by atoms with van der Waals surface area (Å²) >= 11 is 0. The van der Waals surface area contributed by atoms with E-state index in [-0.39, 0.29) is 12.6 Å². The summed E-state index contributed by atoms with van der Waals surface area (Å²) in [5, 5.41) is 16.9. The van der Waals surface area contributed by atoms with E-state index in [1.807, 2.05) is 44.6 Å². The number of pyridine rings is 1. The van der Waals surface area contributed by atoms with Gasteiger partial charge in [-0.3, -0.25) is 9.48 Å². The predicted octanol–water partition coefficient (Wildman–Crippen LogP) is 3.84. The van der Waals surface area contributed by atoms with Gasteiger partial charge < -0.3 is 20.5 Å². The maximum atomic E-state index is 14.5. The second kappa shape index (κ2) is 11.0. The molecule has 0 radical (unpaired) electrons. The predicted molar refractivity (Wildman–Crippen MR) is 147 cm³/mol. The number of ether oxygens (including phenoxy) is 2. The summed E-state index contributed by atoms with van der Waals surface area (Å²) in [5.74, 6) is -0.203. The van der Waals surface area contributed by atoms with E-state index in [1.54, 1.807) is 19.3 Å². The van der Waals surface area contributed by atoms with Gasteiger partial charge in [-0.1, -0.05) is 13.8 Å². The molecule has 0 saturated carbocycles. The van der Waals surface area contributed by atoms with Gasteiger partial charge in [-0.25, -0.2) is 9.37 Å². The third-order valence-corrected chi connectivity index (χ3v) is 6.94. The van der Waals surface area contributed by atoms with Crippen LogP contribution in [-0.2, 0) is 29.5 Å². The highest BCUT2D eigenvalue weighted by Gasteiger charge is 2.26. The first-order valence-corrected chi connectivity index (χ1v) is 13.2. The van der Waals surface area contributed by atoms with E-state index >= 15 is 0 Å². The SMILES string of the molecule is CCn1ncc2c1-c1cnc(NCOC(=O)C(N)C(C)C)c(c1)OC(C)c1cc(F)ccc1-c1nn(C)nc1C2. The number of nitrogens with two attached hydrogens (primary N) is 1. The van der Waals surface area contributed by atoms with Gasteiger partial charge in [0.25, 0.3) is 0 Å². The fraction of sp³-hybridized carbons (Fsp3) is 0.393. The molecule has 0 spiro atoms. The van der Waals surface area contributed by atoms with Gasteiger partial charge in [0.05, 0.1) is 17.6 Å². The van der Waals surface area contributed by atoms with Crippen LogP contribution in [0.2, 0.25) is 0 Å². The molecule has 0 fully saturated rings. The van der Waals surface area contributed by atoms with Crippen molar-refractivity contribution in [2.45, 2.75) is 52.8 Å². The number of carbonyl (C=O) groups excluding carboxylic acids is 1. The van der Waals surface area contributed by atoms with E-state index in [0.29, 0.717) is 35.8 Å². The summed E-state index contributed by atoms with van der Waals surface area (Å²) in [7, 11) is 1.76. The summed E-state index contributed by atoms with van der Waals surface area (Å²) in [6.07, 6.45) is 3.41. The molecule has 3 aromatic heterocycles. The number of hydrogen-bond acceptors (Lipinski definition) is 9. The Labute approximate surface area is 231 Å². The van der Waals surface area contributed by atoms with Crippen LogP contribution in [0.1, 0.15) is 50.6 Å². The average Bonchev–Trinajstić information content (AvgIpc) is 3.50. The number of nitrogens with zero attached hydrogens (tertiary/aromatic N) is 6. The van der Waals surface area contributed by atoms with Crippen molar-refractivity contribution in [3.8, 4) is 28.3 Å². The molecule has 4 heterocycles. The standard InChI is InChI=1S/C28H33FN8O3/c1-6-37-26-17(13-33-37)9-22-25(35-36(5)34-22)20-8-7-19(29)11-21(20)16(4)40-23-10-18(26)12-31-27(23)32-14-39-28(38)24(30)15(2)3/h7-8,10-13,15-16,24H,6,9,14,30H2,1-5H3,(H,31,32). The van der Waals surface area contributed by atoms with Crippen LogP contribution in [0.15, 0.2) is 36.7 Å². The van der Waals surface area contributed by atoms with E-state index in [4.69, 9.17) is 15.2 Å². The Bertz CT molecular complexity index is 1550. The third-order valence-electron chi connectivity index (χ3n) is 6.94. The second-order valence-electron chi connectivity index (χ2n) is 10.1. The summed E-state index contributed by atoms with van der Waals surface area (Å²) in [6.45, 7) is 8.04. The second-order valence-corrected chi connectivity index (χ2v) is 10.1. The van der Waals surface area contributed by atoms with Crippen LogP contribution in [-0.4, -0.2) is 48.5 Å². The van der Waals surface area contributed by atoms with Gasteiger partial charge in [-0.2, -0.15) is 20.1 Å². The molecule has 4 aromatic rings. The monoisotopic (exact) mass is 548 g/mol. The summed E-state index contributed by atoms with van der Waals surface area (Å²) in [4.78, 5) is 18.4. The first kappa shape index (κ1) is 27.3. The molecule has 0 amide bonds. The fourth-order valence-electron chi connectivity index (χ4n) is 4.76. The zero-order chi connectivity index (χ0) is 28.6. The number of aromatic nitrogens is 6. The van der Waals surface area contributed by atoms with Crippen molar-refractivity contribution in [1.82, 2.24) is 29.8 Å². The molecule has 12 heteroatoms. The van der Waals surface area contributed by atoms with E-state index in [2.05, 4.69) is 25.6 Å². The molecular weight excluding hydrogens is 515 g/mol. The highest BCUT2D eigenvalue weighted by molar-refractivity contribution is 5.76. The van der Waals surface area contributed by atoms with E-state index in [1.165, 1.54) is 16.9 Å². The minimum Gasteiger partial charge on any atom is -0.482 e. The number of rotatable bonds is 6. The maximum Gasteiger partial charge on any atom is 0.324 e. The lowest BCUT2D eigenvalue weighted by Gasteiger charge is -2.22. The molecule has 2 atom stereocenters. The Hall–Kier alpha value is -4.32. The normalized spacial score (nSPS) is 15.2. The molecule has 11 nitrogen and oxygen atoms in total. The van der Waals surface area contributed by atoms with Crippen molar-refractivity contribution in [1.29, 1.82) is 0 Å². The van der Waals surface area contributed by atoms with Crippen molar-refractivity contribution < 1.29 is 18.7 Å². The molecule has 0 saturated heterocycles. The minimum atomic E-state index is -0.733. The molecule has 3 N–H and O–H groups in total. The van der Waals surface area contributed by atoms with Gasteiger partial charge in [0.1, 0.15) is 23.7 Å². The van der Waals surface area contributed by atoms with E-state index in [0.717, 1.165) is 28.1 Å². The van der Waals surface area contributed by atoms with Crippen LogP contribution in [0, 0.1) is 11.7 Å². The van der Waals surface area contributed by atoms with Gasteiger partial charge in [0, 0.05) is 48.5 Å². The fourth-order valence-corrected chi connectivity index (χ4v) is 4.76. The molecule has 1 aliphatic rings. The highest BCUT2D eigenvalue weighted by Crippen LogP contribution is 2.38. The molecule has 210 valence electrons. The molecule has 2 unspecified atom stereocenters. The number of halogens is 1. The number of nitrogens with one attached hydrogen (secondary N) is 1. The largest absolute Gasteiger partial charge is 0.482 e. The first-order chi connectivity index (χ1) is 19.2. The number of anilines is 1. The lowest BCUT2D eigenvalue weighted by atomic mass is 9.96. The number of fused-ring (bicyclic) bond motifs is 7. The summed E-state index contributed by atoms with van der Waals surface area (Å²) < 4.78 is 28.2. The topological polar surface area (TPSA) is 135 Å². The molecular formula is C28H33FN8O3. The van der Waals surface area contributed by atoms with Crippen molar-refractivity contribution in [2.75, 3.05) is 12.0 Å². The molecule has 1 aromatic carbocycles. The molecule has 2 bridgehead atoms.